The number of aromatic nitrogens is 4. The van der Waals surface area contributed by atoms with E-state index in [1.54, 1.807) is 6.92 Å². The van der Waals surface area contributed by atoms with Crippen molar-refractivity contribution >= 4 is 22.5 Å². The van der Waals surface area contributed by atoms with Gasteiger partial charge in [-0.1, -0.05) is 6.07 Å². The van der Waals surface area contributed by atoms with Crippen LogP contribution in [-0.4, -0.2) is 56.2 Å². The number of nitrogens with zero attached hydrogens (tertiary/aromatic N) is 4. The lowest BCUT2D eigenvalue weighted by Crippen LogP contribution is -2.36. The van der Waals surface area contributed by atoms with Gasteiger partial charge in [0, 0.05) is 43.2 Å². The first-order chi connectivity index (χ1) is 20.8. The number of ether oxygens (including phenoxy) is 2. The SMILES string of the molecule is Cc1cc(Oc2c(F)cccc2F)ncc1-n1ncc(C(=O)c2cc3cc4c(cc3[nH]2)CCN(CC2CCCO2)C4)c1N. The van der Waals surface area contributed by atoms with Gasteiger partial charge < -0.3 is 20.2 Å². The summed E-state index contributed by atoms with van der Waals surface area (Å²) in [6.07, 6.45) is 6.38. The number of anilines is 1. The number of para-hydroxylation sites is 1. The summed E-state index contributed by atoms with van der Waals surface area (Å²) in [5, 5.41) is 5.31. The summed E-state index contributed by atoms with van der Waals surface area (Å²) < 4.78 is 40.6. The van der Waals surface area contributed by atoms with Gasteiger partial charge in [0.1, 0.15) is 5.82 Å². The van der Waals surface area contributed by atoms with Crippen LogP contribution in [0.3, 0.4) is 0 Å². The number of pyridine rings is 1. The highest BCUT2D eigenvalue weighted by Gasteiger charge is 2.25. The molecule has 3 aromatic heterocycles. The van der Waals surface area contributed by atoms with Crippen LogP contribution in [0.2, 0.25) is 0 Å². The molecule has 220 valence electrons. The molecule has 0 bridgehead atoms. The van der Waals surface area contributed by atoms with Gasteiger partial charge in [-0.3, -0.25) is 9.69 Å². The van der Waals surface area contributed by atoms with Crippen LogP contribution in [0.5, 0.6) is 11.6 Å². The maximum atomic E-state index is 14.0. The summed E-state index contributed by atoms with van der Waals surface area (Å²) in [5.41, 5.74) is 11.7. The Kier molecular flexibility index (Phi) is 6.91. The zero-order chi connectivity index (χ0) is 29.7. The van der Waals surface area contributed by atoms with Gasteiger partial charge in [0.15, 0.2) is 11.6 Å². The molecule has 0 amide bonds. The van der Waals surface area contributed by atoms with E-state index in [1.165, 1.54) is 40.3 Å². The van der Waals surface area contributed by atoms with Crippen LogP contribution in [0, 0.1) is 18.6 Å². The molecule has 7 rings (SSSR count). The number of aromatic amines is 1. The first-order valence-corrected chi connectivity index (χ1v) is 14.3. The van der Waals surface area contributed by atoms with Crippen molar-refractivity contribution in [2.24, 2.45) is 0 Å². The smallest absolute Gasteiger partial charge is 0.219 e. The van der Waals surface area contributed by atoms with E-state index >= 15 is 0 Å². The van der Waals surface area contributed by atoms with Crippen molar-refractivity contribution in [3.05, 3.63) is 94.4 Å². The molecule has 9 nitrogen and oxygen atoms in total. The van der Waals surface area contributed by atoms with Crippen LogP contribution < -0.4 is 10.5 Å². The van der Waals surface area contributed by atoms with Crippen LogP contribution in [0.15, 0.2) is 54.9 Å². The summed E-state index contributed by atoms with van der Waals surface area (Å²) in [6, 6.07) is 11.1. The number of nitrogens with two attached hydrogens (primary N) is 1. The Morgan fingerprint density at radius 1 is 1.16 bits per heavy atom. The van der Waals surface area contributed by atoms with Crippen LogP contribution in [0.25, 0.3) is 16.6 Å². The zero-order valence-electron chi connectivity index (χ0n) is 23.6. The minimum Gasteiger partial charge on any atom is -0.433 e. The second-order valence-electron chi connectivity index (χ2n) is 11.2. The molecule has 1 fully saturated rings. The summed E-state index contributed by atoms with van der Waals surface area (Å²) in [6.45, 7) is 5.42. The molecule has 0 radical (unpaired) electrons. The lowest BCUT2D eigenvalue weighted by Gasteiger charge is -2.30. The van der Waals surface area contributed by atoms with E-state index in [0.717, 1.165) is 68.5 Å². The van der Waals surface area contributed by atoms with Crippen molar-refractivity contribution in [3.8, 4) is 17.3 Å². The lowest BCUT2D eigenvalue weighted by atomic mass is 9.97. The number of ketones is 1. The fourth-order valence-electron chi connectivity index (χ4n) is 5.96. The second kappa shape index (κ2) is 10.9. The van der Waals surface area contributed by atoms with Crippen LogP contribution in [0.1, 0.15) is 45.6 Å². The molecule has 3 N–H and O–H groups in total. The number of carbonyl (C=O) groups is 1. The van der Waals surface area contributed by atoms with Crippen molar-refractivity contribution in [1.82, 2.24) is 24.6 Å². The molecule has 0 aliphatic carbocycles. The van der Waals surface area contributed by atoms with E-state index in [0.29, 0.717) is 23.0 Å². The largest absolute Gasteiger partial charge is 0.433 e. The summed E-state index contributed by atoms with van der Waals surface area (Å²) in [4.78, 5) is 23.5. The molecule has 0 saturated carbocycles. The molecule has 2 aliphatic rings. The second-order valence-corrected chi connectivity index (χ2v) is 11.2. The molecule has 43 heavy (non-hydrogen) atoms. The number of hydrogen-bond donors (Lipinski definition) is 2. The molecular formula is C32H30F2N6O3. The third kappa shape index (κ3) is 5.15. The fraction of sp³-hybridized carbons (Fsp3) is 0.281. The van der Waals surface area contributed by atoms with E-state index < -0.39 is 17.4 Å². The van der Waals surface area contributed by atoms with Gasteiger partial charge in [-0.2, -0.15) is 5.10 Å². The number of nitrogen functional groups attached to an aromatic ring is 1. The quantitative estimate of drug-likeness (QED) is 0.244. The Morgan fingerprint density at radius 3 is 2.77 bits per heavy atom. The molecule has 5 heterocycles. The predicted octanol–water partition coefficient (Wildman–Crippen LogP) is 5.48. The normalized spacial score (nSPS) is 17.0. The Labute approximate surface area is 246 Å². The number of fused-ring (bicyclic) bond motifs is 2. The fourth-order valence-corrected chi connectivity index (χ4v) is 5.96. The third-order valence-corrected chi connectivity index (χ3v) is 8.23. The molecule has 1 unspecified atom stereocenters. The van der Waals surface area contributed by atoms with Gasteiger partial charge in [0.05, 0.1) is 35.4 Å². The number of halogens is 2. The van der Waals surface area contributed by atoms with Crippen molar-refractivity contribution in [3.63, 3.8) is 0 Å². The molecule has 2 aromatic carbocycles. The standard InChI is InChI=1S/C32H30F2N6O3/c1-18-10-29(43-31-24(33)5-2-6-25(31)34)36-15-28(18)40-32(35)23(14-37-40)30(41)27-13-20-11-21-16-39(17-22-4-3-9-42-22)8-7-19(21)12-26(20)38-27/h2,5-6,10-15,22,38H,3-4,7-9,16-17,35H2,1H3. The monoisotopic (exact) mass is 584 g/mol. The highest BCUT2D eigenvalue weighted by molar-refractivity contribution is 6.12. The number of H-pyrrole nitrogens is 1. The molecule has 2 aliphatic heterocycles. The first kappa shape index (κ1) is 27.2. The average molecular weight is 585 g/mol. The van der Waals surface area contributed by atoms with E-state index in [2.05, 4.69) is 32.1 Å². The van der Waals surface area contributed by atoms with Crippen molar-refractivity contribution in [1.29, 1.82) is 0 Å². The Hall–Kier alpha value is -4.61. The van der Waals surface area contributed by atoms with E-state index in [4.69, 9.17) is 15.2 Å². The van der Waals surface area contributed by atoms with E-state index in [1.807, 2.05) is 6.07 Å². The topological polar surface area (TPSA) is 111 Å². The number of aryl methyl sites for hydroxylation is 1. The Balaban J connectivity index is 1.11. The van der Waals surface area contributed by atoms with Crippen LogP contribution in [0.4, 0.5) is 14.6 Å². The molecule has 1 saturated heterocycles. The number of nitrogens with one attached hydrogen (secondary N) is 1. The average Bonchev–Trinajstić information content (AvgIpc) is 3.74. The molecule has 11 heteroatoms. The number of carbonyl (C=O) groups excluding carboxylic acids is 1. The number of rotatable bonds is 7. The zero-order valence-corrected chi connectivity index (χ0v) is 23.6. The molecule has 0 spiro atoms. The van der Waals surface area contributed by atoms with E-state index in [9.17, 15) is 13.6 Å². The van der Waals surface area contributed by atoms with Crippen molar-refractivity contribution in [2.45, 2.75) is 38.8 Å². The van der Waals surface area contributed by atoms with Gasteiger partial charge in [-0.05, 0) is 73.2 Å². The molecule has 1 atom stereocenters. The van der Waals surface area contributed by atoms with Gasteiger partial charge in [-0.15, -0.1) is 0 Å². The van der Waals surface area contributed by atoms with Crippen LogP contribution >= 0.6 is 0 Å². The van der Waals surface area contributed by atoms with Crippen molar-refractivity contribution < 1.29 is 23.0 Å². The highest BCUT2D eigenvalue weighted by Crippen LogP contribution is 2.31. The summed E-state index contributed by atoms with van der Waals surface area (Å²) in [5.74, 6) is -2.34. The Morgan fingerprint density at radius 2 is 2.00 bits per heavy atom. The van der Waals surface area contributed by atoms with Gasteiger partial charge in [0.2, 0.25) is 17.4 Å². The van der Waals surface area contributed by atoms with E-state index in [-0.39, 0.29) is 23.0 Å². The minimum absolute atomic E-state index is 0.00282. The number of hydrogen-bond acceptors (Lipinski definition) is 7. The third-order valence-electron chi connectivity index (χ3n) is 8.23. The first-order valence-electron chi connectivity index (χ1n) is 14.3. The van der Waals surface area contributed by atoms with Gasteiger partial charge in [0.25, 0.3) is 0 Å². The minimum atomic E-state index is -0.837. The Bertz CT molecular complexity index is 1840. The van der Waals surface area contributed by atoms with Gasteiger partial charge in [-0.25, -0.2) is 18.4 Å². The maximum absolute atomic E-state index is 14.0. The maximum Gasteiger partial charge on any atom is 0.219 e. The number of benzene rings is 2. The van der Waals surface area contributed by atoms with Crippen LogP contribution in [-0.2, 0) is 17.7 Å². The lowest BCUT2D eigenvalue weighted by molar-refractivity contribution is 0.0688. The van der Waals surface area contributed by atoms with Gasteiger partial charge >= 0.3 is 0 Å². The molecule has 5 aromatic rings. The summed E-state index contributed by atoms with van der Waals surface area (Å²) in [7, 11) is 0. The van der Waals surface area contributed by atoms with Crippen molar-refractivity contribution in [2.75, 3.05) is 25.4 Å². The molecular weight excluding hydrogens is 554 g/mol. The summed E-state index contributed by atoms with van der Waals surface area (Å²) >= 11 is 0. The highest BCUT2D eigenvalue weighted by atomic mass is 19.1. The predicted molar refractivity (Wildman–Crippen MR) is 157 cm³/mol.